The van der Waals surface area contributed by atoms with Crippen LogP contribution < -0.4 is 15.9 Å². The van der Waals surface area contributed by atoms with Crippen LogP contribution in [-0.2, 0) is 4.57 Å². The molecule has 0 atom stereocenters. The van der Waals surface area contributed by atoms with E-state index in [1.807, 2.05) is 72.8 Å². The molecule has 0 N–H and O–H groups in total. The molecule has 0 aliphatic heterocycles. The maximum Gasteiger partial charge on any atom is 0.174 e. The van der Waals surface area contributed by atoms with Crippen LogP contribution in [0.2, 0.25) is 0 Å². The zero-order valence-electron chi connectivity index (χ0n) is 21.9. The average molecular weight is 547 g/mol. The summed E-state index contributed by atoms with van der Waals surface area (Å²) in [6.45, 7) is 0. The third-order valence-electron chi connectivity index (χ3n) is 7.76. The Kier molecular flexibility index (Phi) is 5.34. The van der Waals surface area contributed by atoms with Crippen molar-refractivity contribution in [3.8, 4) is 11.4 Å². The molecule has 0 fully saturated rings. The molecule has 3 aromatic heterocycles. The minimum atomic E-state index is -3.14. The summed E-state index contributed by atoms with van der Waals surface area (Å²) in [5.74, 6) is 0.573. The topological polar surface area (TPSA) is 60.2 Å². The lowest BCUT2D eigenvalue weighted by Crippen LogP contribution is -2.25. The van der Waals surface area contributed by atoms with Crippen molar-refractivity contribution >= 4 is 61.4 Å². The largest absolute Gasteiger partial charge is 0.309 e. The normalized spacial score (nSPS) is 12.0. The van der Waals surface area contributed by atoms with E-state index in [1.54, 1.807) is 12.4 Å². The Bertz CT molecular complexity index is 2230. The molecule has 0 amide bonds. The highest BCUT2D eigenvalue weighted by molar-refractivity contribution is 7.85. The first kappa shape index (κ1) is 23.7. The van der Waals surface area contributed by atoms with E-state index >= 15 is 0 Å². The Morgan fingerprint density at radius 1 is 0.537 bits per heavy atom. The van der Waals surface area contributed by atoms with Gasteiger partial charge in [-0.05, 0) is 29.7 Å². The molecule has 41 heavy (non-hydrogen) atoms. The number of aromatic nitrogens is 4. The van der Waals surface area contributed by atoms with Gasteiger partial charge in [0.15, 0.2) is 13.0 Å². The Morgan fingerprint density at radius 2 is 1.12 bits per heavy atom. The van der Waals surface area contributed by atoms with Crippen molar-refractivity contribution in [2.24, 2.45) is 0 Å². The van der Waals surface area contributed by atoms with Crippen LogP contribution in [0.25, 0.3) is 49.7 Å². The van der Waals surface area contributed by atoms with E-state index in [9.17, 15) is 4.57 Å². The third-order valence-corrected chi connectivity index (χ3v) is 10.8. The summed E-state index contributed by atoms with van der Waals surface area (Å²) in [4.78, 5) is 14.5. The minimum absolute atomic E-state index is 0.573. The number of hydrogen-bond acceptors (Lipinski definition) is 4. The molecular weight excluding hydrogens is 523 g/mol. The Balaban J connectivity index is 1.30. The molecule has 0 bridgehead atoms. The average Bonchev–Trinajstić information content (AvgIpc) is 3.45. The number of nitrogens with zero attached hydrogens (tertiary/aromatic N) is 4. The van der Waals surface area contributed by atoms with Crippen LogP contribution in [0.5, 0.6) is 0 Å². The van der Waals surface area contributed by atoms with E-state index in [1.165, 1.54) is 10.8 Å². The molecular formula is C35H23N4OP. The SMILES string of the molecule is O=P(c1ccccc1)(c1ccccc1)c1cnc(-c2ccc3nc4c5ccccc5c5ccccc5n4c3c2)nc1. The molecule has 0 saturated carbocycles. The quantitative estimate of drug-likeness (QED) is 0.178. The van der Waals surface area contributed by atoms with Crippen LogP contribution in [0.3, 0.4) is 0 Å². The second-order valence-electron chi connectivity index (χ2n) is 10.1. The molecule has 3 heterocycles. The summed E-state index contributed by atoms with van der Waals surface area (Å²) >= 11 is 0. The molecule has 6 heteroatoms. The molecule has 0 aliphatic carbocycles. The van der Waals surface area contributed by atoms with E-state index in [4.69, 9.17) is 15.0 Å². The second kappa shape index (κ2) is 9.22. The van der Waals surface area contributed by atoms with Crippen LogP contribution in [0, 0.1) is 0 Å². The summed E-state index contributed by atoms with van der Waals surface area (Å²) in [6.07, 6.45) is 3.43. The maximum atomic E-state index is 14.7. The number of pyridine rings is 1. The van der Waals surface area contributed by atoms with Crippen molar-refractivity contribution in [2.75, 3.05) is 0 Å². The van der Waals surface area contributed by atoms with Gasteiger partial charge in [-0.3, -0.25) is 4.40 Å². The minimum Gasteiger partial charge on any atom is -0.309 e. The number of fused-ring (bicyclic) bond motifs is 8. The molecule has 8 aromatic rings. The van der Waals surface area contributed by atoms with Gasteiger partial charge in [0.25, 0.3) is 0 Å². The van der Waals surface area contributed by atoms with Gasteiger partial charge >= 0.3 is 0 Å². The van der Waals surface area contributed by atoms with Gasteiger partial charge in [0, 0.05) is 39.3 Å². The summed E-state index contributed by atoms with van der Waals surface area (Å²) in [6, 6.07) is 42.1. The lowest BCUT2D eigenvalue weighted by Gasteiger charge is -2.19. The van der Waals surface area contributed by atoms with Gasteiger partial charge in [0.05, 0.1) is 21.9 Å². The van der Waals surface area contributed by atoms with Crippen LogP contribution >= 0.6 is 7.14 Å². The van der Waals surface area contributed by atoms with Gasteiger partial charge in [0.1, 0.15) is 5.65 Å². The Labute approximate surface area is 236 Å². The van der Waals surface area contributed by atoms with Gasteiger partial charge in [0.2, 0.25) is 0 Å². The summed E-state index contributed by atoms with van der Waals surface area (Å²) < 4.78 is 16.9. The molecule has 0 aliphatic rings. The highest BCUT2D eigenvalue weighted by Crippen LogP contribution is 2.42. The monoisotopic (exact) mass is 546 g/mol. The lowest BCUT2D eigenvalue weighted by molar-refractivity contribution is 0.592. The summed E-state index contributed by atoms with van der Waals surface area (Å²) in [5.41, 5.74) is 4.80. The molecule has 0 unspecified atom stereocenters. The fraction of sp³-hybridized carbons (Fsp3) is 0. The van der Waals surface area contributed by atoms with E-state index in [-0.39, 0.29) is 0 Å². The highest BCUT2D eigenvalue weighted by atomic mass is 31.2. The van der Waals surface area contributed by atoms with Gasteiger partial charge in [-0.2, -0.15) is 0 Å². The standard InChI is InChI=1S/C35H23N4OP/c40-41(25-11-3-1-4-12-25,26-13-5-2-6-14-26)27-22-36-34(37-23-27)24-19-20-31-33(21-24)39-32-18-10-9-16-29(32)28-15-7-8-17-30(28)35(39)38-31/h1-23H. The first-order valence-corrected chi connectivity index (χ1v) is 15.2. The van der Waals surface area contributed by atoms with Crippen LogP contribution in [0.1, 0.15) is 0 Å². The second-order valence-corrected chi connectivity index (χ2v) is 12.9. The molecule has 194 valence electrons. The van der Waals surface area contributed by atoms with Crippen LogP contribution in [-0.4, -0.2) is 19.4 Å². The lowest BCUT2D eigenvalue weighted by atomic mass is 10.1. The molecule has 5 nitrogen and oxygen atoms in total. The predicted molar refractivity (Wildman–Crippen MR) is 168 cm³/mol. The van der Waals surface area contributed by atoms with Gasteiger partial charge in [-0.25, -0.2) is 15.0 Å². The van der Waals surface area contributed by atoms with Crippen molar-refractivity contribution in [1.82, 2.24) is 19.4 Å². The molecule has 8 rings (SSSR count). The van der Waals surface area contributed by atoms with Gasteiger partial charge in [-0.15, -0.1) is 0 Å². The van der Waals surface area contributed by atoms with Crippen molar-refractivity contribution in [2.45, 2.75) is 0 Å². The number of hydrogen-bond donors (Lipinski definition) is 0. The van der Waals surface area contributed by atoms with E-state index < -0.39 is 7.14 Å². The molecule has 0 spiro atoms. The zero-order chi connectivity index (χ0) is 27.4. The fourth-order valence-corrected chi connectivity index (χ4v) is 8.32. The summed E-state index contributed by atoms with van der Waals surface area (Å²) in [5, 5.41) is 5.60. The highest BCUT2D eigenvalue weighted by Gasteiger charge is 2.30. The summed E-state index contributed by atoms with van der Waals surface area (Å²) in [7, 11) is -3.14. The van der Waals surface area contributed by atoms with Crippen molar-refractivity contribution < 1.29 is 4.57 Å². The number of benzene rings is 5. The zero-order valence-corrected chi connectivity index (χ0v) is 22.8. The molecule has 0 saturated heterocycles. The Hall–Kier alpha value is -5.12. The van der Waals surface area contributed by atoms with Crippen LogP contribution in [0.4, 0.5) is 0 Å². The van der Waals surface area contributed by atoms with Crippen LogP contribution in [0.15, 0.2) is 140 Å². The maximum absolute atomic E-state index is 14.7. The first-order chi connectivity index (χ1) is 20.2. The predicted octanol–water partition coefficient (Wildman–Crippen LogP) is 6.89. The fourth-order valence-electron chi connectivity index (χ4n) is 5.80. The number of imidazole rings is 1. The van der Waals surface area contributed by atoms with E-state index in [2.05, 4.69) is 59.0 Å². The number of para-hydroxylation sites is 1. The van der Waals surface area contributed by atoms with E-state index in [0.717, 1.165) is 43.8 Å². The smallest absolute Gasteiger partial charge is 0.174 e. The Morgan fingerprint density at radius 3 is 1.80 bits per heavy atom. The van der Waals surface area contributed by atoms with E-state index in [0.29, 0.717) is 11.1 Å². The van der Waals surface area contributed by atoms with Crippen molar-refractivity contribution in [1.29, 1.82) is 0 Å². The molecule has 0 radical (unpaired) electrons. The van der Waals surface area contributed by atoms with Gasteiger partial charge < -0.3 is 4.57 Å². The molecule has 5 aromatic carbocycles. The number of rotatable bonds is 4. The van der Waals surface area contributed by atoms with Gasteiger partial charge in [-0.1, -0.05) is 103 Å². The van der Waals surface area contributed by atoms with Crippen molar-refractivity contribution in [3.05, 3.63) is 140 Å². The third kappa shape index (κ3) is 3.63. The first-order valence-electron chi connectivity index (χ1n) is 13.5. The van der Waals surface area contributed by atoms with Crippen molar-refractivity contribution in [3.63, 3.8) is 0 Å².